The molecular weight excluding hydrogens is 372 g/mol. The molecule has 0 spiro atoms. The highest BCUT2D eigenvalue weighted by molar-refractivity contribution is 5.92. The van der Waals surface area contributed by atoms with Crippen LogP contribution in [0.25, 0.3) is 0 Å². The van der Waals surface area contributed by atoms with Crippen LogP contribution in [0.3, 0.4) is 0 Å². The van der Waals surface area contributed by atoms with Gasteiger partial charge >= 0.3 is 0 Å². The zero-order chi connectivity index (χ0) is 21.3. The highest BCUT2D eigenvalue weighted by Gasteiger charge is 2.52. The largest absolute Gasteiger partial charge is 0.394 e. The van der Waals surface area contributed by atoms with Crippen molar-refractivity contribution in [3.8, 4) is 0 Å². The molecule has 1 fully saturated rings. The maximum atomic E-state index is 12.1. The van der Waals surface area contributed by atoms with Crippen LogP contribution in [-0.4, -0.2) is 92.0 Å². The van der Waals surface area contributed by atoms with E-state index in [1.54, 1.807) is 13.8 Å². The Morgan fingerprint density at radius 3 is 2.54 bits per heavy atom. The normalized spacial score (nSPS) is 43.2. The molecule has 0 bridgehead atoms. The molecule has 2 aliphatic rings. The van der Waals surface area contributed by atoms with Crippen LogP contribution < -0.4 is 0 Å². The van der Waals surface area contributed by atoms with Gasteiger partial charge in [0.25, 0.3) is 0 Å². The van der Waals surface area contributed by atoms with Crippen molar-refractivity contribution < 1.29 is 44.9 Å². The van der Waals surface area contributed by atoms with E-state index < -0.39 is 54.4 Å². The molecule has 1 aliphatic carbocycles. The number of hydrogen-bond donors (Lipinski definition) is 6. The molecule has 0 unspecified atom stereocenters. The highest BCUT2D eigenvalue weighted by Crippen LogP contribution is 2.45. The first-order valence-corrected chi connectivity index (χ1v) is 9.18. The van der Waals surface area contributed by atoms with Gasteiger partial charge in [0.15, 0.2) is 12.1 Å². The summed E-state index contributed by atoms with van der Waals surface area (Å²) in [6, 6.07) is 0. The third kappa shape index (κ3) is 4.37. The molecule has 8 atom stereocenters. The van der Waals surface area contributed by atoms with Gasteiger partial charge in [-0.3, -0.25) is 4.79 Å². The molecule has 9 heteroatoms. The molecule has 2 rings (SSSR count). The summed E-state index contributed by atoms with van der Waals surface area (Å²) in [4.78, 5) is 12.1. The Labute approximate surface area is 163 Å². The van der Waals surface area contributed by atoms with Gasteiger partial charge in [-0.25, -0.2) is 0 Å². The van der Waals surface area contributed by atoms with Crippen molar-refractivity contribution >= 4 is 5.78 Å². The monoisotopic (exact) mass is 402 g/mol. The van der Waals surface area contributed by atoms with E-state index in [9.17, 15) is 35.4 Å². The lowest BCUT2D eigenvalue weighted by atomic mass is 9.63. The molecule has 6 N–H and O–H groups in total. The third-order valence-corrected chi connectivity index (χ3v) is 5.49. The molecule has 1 saturated heterocycles. The first-order chi connectivity index (χ1) is 12.9. The van der Waals surface area contributed by atoms with E-state index in [4.69, 9.17) is 9.47 Å². The molecule has 0 radical (unpaired) electrons. The Hall–Kier alpha value is -1.17. The van der Waals surface area contributed by atoms with Crippen molar-refractivity contribution in [3.63, 3.8) is 0 Å². The minimum atomic E-state index is -1.61. The van der Waals surface area contributed by atoms with E-state index in [1.807, 2.05) is 0 Å². The summed E-state index contributed by atoms with van der Waals surface area (Å²) >= 11 is 0. The van der Waals surface area contributed by atoms with Crippen molar-refractivity contribution in [2.45, 2.75) is 69.6 Å². The molecule has 1 aliphatic heterocycles. The fourth-order valence-corrected chi connectivity index (χ4v) is 3.64. The van der Waals surface area contributed by atoms with Gasteiger partial charge in [0.1, 0.15) is 30.0 Å². The van der Waals surface area contributed by atoms with Gasteiger partial charge in [-0.2, -0.15) is 0 Å². The molecule has 9 nitrogen and oxygen atoms in total. The van der Waals surface area contributed by atoms with Gasteiger partial charge < -0.3 is 40.1 Å². The van der Waals surface area contributed by atoms with E-state index in [-0.39, 0.29) is 18.8 Å². The van der Waals surface area contributed by atoms with Crippen LogP contribution in [0.1, 0.15) is 27.2 Å². The average Bonchev–Trinajstić information content (AvgIpc) is 2.62. The molecule has 0 amide bonds. The number of ether oxygens (including phenoxy) is 2. The van der Waals surface area contributed by atoms with Crippen LogP contribution in [0, 0.1) is 5.41 Å². The van der Waals surface area contributed by atoms with Gasteiger partial charge in [-0.1, -0.05) is 13.0 Å². The first-order valence-electron chi connectivity index (χ1n) is 9.18. The Morgan fingerprint density at radius 1 is 1.32 bits per heavy atom. The summed E-state index contributed by atoms with van der Waals surface area (Å²) in [5.41, 5.74) is -2.39. The summed E-state index contributed by atoms with van der Waals surface area (Å²) in [5.74, 6) is -0.215. The second-order valence-corrected chi connectivity index (χ2v) is 7.91. The minimum Gasteiger partial charge on any atom is -0.394 e. The van der Waals surface area contributed by atoms with E-state index in [1.165, 1.54) is 25.2 Å². The van der Waals surface area contributed by atoms with E-state index in [0.29, 0.717) is 5.57 Å². The first kappa shape index (κ1) is 23.1. The van der Waals surface area contributed by atoms with Crippen LogP contribution in [0.15, 0.2) is 23.8 Å². The van der Waals surface area contributed by atoms with E-state index in [0.717, 1.165) is 0 Å². The number of rotatable bonds is 6. The molecule has 0 saturated carbocycles. The average molecular weight is 402 g/mol. The number of aliphatic hydroxyl groups is 6. The van der Waals surface area contributed by atoms with E-state index >= 15 is 0 Å². The minimum absolute atomic E-state index is 0.0671. The standard InChI is InChI=1S/C19H30O9/c1-10-6-12(22)7-18(3,19(10,26)5-4-11(2)21)9-27-17-16(25)15(24)14(23)13(8-20)28-17/h4-6,11,13-17,20-21,23-26H,7-9H2,1-3H3/b5-4+/t11-,13+,14+,15-,16+,17+,18+,19+/m0/s1. The summed E-state index contributed by atoms with van der Waals surface area (Å²) in [7, 11) is 0. The Bertz CT molecular complexity index is 629. The van der Waals surface area contributed by atoms with Crippen molar-refractivity contribution in [1.82, 2.24) is 0 Å². The Kier molecular flexibility index (Phi) is 7.17. The van der Waals surface area contributed by atoms with Gasteiger partial charge in [0.2, 0.25) is 0 Å². The van der Waals surface area contributed by atoms with Crippen molar-refractivity contribution in [1.29, 1.82) is 0 Å². The molecule has 1 heterocycles. The zero-order valence-electron chi connectivity index (χ0n) is 16.2. The molecule has 28 heavy (non-hydrogen) atoms. The predicted octanol–water partition coefficient (Wildman–Crippen LogP) is -1.60. The Morgan fingerprint density at radius 2 is 1.96 bits per heavy atom. The number of allylic oxidation sites excluding steroid dienone is 1. The molecular formula is C19H30O9. The lowest BCUT2D eigenvalue weighted by Gasteiger charge is -2.47. The maximum absolute atomic E-state index is 12.1. The van der Waals surface area contributed by atoms with Crippen LogP contribution in [0.4, 0.5) is 0 Å². The number of aliphatic hydroxyl groups excluding tert-OH is 5. The molecule has 0 aromatic rings. The fourth-order valence-electron chi connectivity index (χ4n) is 3.64. The number of carbonyl (C=O) groups is 1. The quantitative estimate of drug-likeness (QED) is 0.288. The predicted molar refractivity (Wildman–Crippen MR) is 97.0 cm³/mol. The number of hydrogen-bond acceptors (Lipinski definition) is 9. The van der Waals surface area contributed by atoms with Gasteiger partial charge in [0.05, 0.1) is 19.3 Å². The van der Waals surface area contributed by atoms with Crippen LogP contribution in [-0.2, 0) is 14.3 Å². The third-order valence-electron chi connectivity index (χ3n) is 5.49. The summed E-state index contributed by atoms with van der Waals surface area (Å²) < 4.78 is 10.9. The van der Waals surface area contributed by atoms with Crippen LogP contribution in [0.5, 0.6) is 0 Å². The highest BCUT2D eigenvalue weighted by atomic mass is 16.7. The summed E-state index contributed by atoms with van der Waals surface area (Å²) in [5, 5.41) is 59.9. The SMILES string of the molecule is CC1=CC(=O)C[C@](C)(CO[C@@H]2O[C@H](CO)[C@@H](O)[C@H](O)[C@H]2O)[C@@]1(O)/C=C/[C@H](C)O. The Balaban J connectivity index is 2.24. The number of ketones is 1. The lowest BCUT2D eigenvalue weighted by Crippen LogP contribution is -2.60. The fraction of sp³-hybridized carbons (Fsp3) is 0.737. The van der Waals surface area contributed by atoms with Gasteiger partial charge in [0, 0.05) is 11.8 Å². The van der Waals surface area contributed by atoms with Crippen LogP contribution >= 0.6 is 0 Å². The van der Waals surface area contributed by atoms with Gasteiger partial charge in [-0.15, -0.1) is 0 Å². The van der Waals surface area contributed by atoms with Crippen molar-refractivity contribution in [3.05, 3.63) is 23.8 Å². The van der Waals surface area contributed by atoms with Gasteiger partial charge in [-0.05, 0) is 31.6 Å². The molecule has 0 aromatic heterocycles. The zero-order valence-corrected chi connectivity index (χ0v) is 16.2. The second-order valence-electron chi connectivity index (χ2n) is 7.91. The molecule has 0 aromatic carbocycles. The number of carbonyl (C=O) groups excluding carboxylic acids is 1. The van der Waals surface area contributed by atoms with Crippen molar-refractivity contribution in [2.24, 2.45) is 5.41 Å². The van der Waals surface area contributed by atoms with Crippen molar-refractivity contribution in [2.75, 3.05) is 13.2 Å². The summed E-state index contributed by atoms with van der Waals surface area (Å²) in [6.45, 7) is 3.90. The topological polar surface area (TPSA) is 157 Å². The lowest BCUT2D eigenvalue weighted by molar-refractivity contribution is -0.308. The summed E-state index contributed by atoms with van der Waals surface area (Å²) in [6.07, 6.45) is -3.92. The van der Waals surface area contributed by atoms with E-state index in [2.05, 4.69) is 0 Å². The second kappa shape index (κ2) is 8.68. The van der Waals surface area contributed by atoms with Crippen LogP contribution in [0.2, 0.25) is 0 Å². The maximum Gasteiger partial charge on any atom is 0.186 e. The molecule has 160 valence electrons. The smallest absolute Gasteiger partial charge is 0.186 e.